The summed E-state index contributed by atoms with van der Waals surface area (Å²) in [5, 5.41) is 0. The molecule has 0 radical (unpaired) electrons. The van der Waals surface area contributed by atoms with Crippen LogP contribution in [0.4, 0.5) is 5.69 Å². The molecule has 0 amide bonds. The predicted molar refractivity (Wildman–Crippen MR) is 90.7 cm³/mol. The molecule has 0 unspecified atom stereocenters. The lowest BCUT2D eigenvalue weighted by atomic mass is 9.93. The molecule has 0 saturated heterocycles. The molecule has 2 rings (SSSR count). The van der Waals surface area contributed by atoms with Gasteiger partial charge in [0, 0.05) is 23.7 Å². The number of rotatable bonds is 4. The lowest BCUT2D eigenvalue weighted by Gasteiger charge is -2.17. The molecule has 2 aromatic rings. The third-order valence-corrected chi connectivity index (χ3v) is 3.70. The van der Waals surface area contributed by atoms with Crippen LogP contribution in [0.15, 0.2) is 47.7 Å². The number of aliphatic imine (C=N–C) groups is 1. The fourth-order valence-corrected chi connectivity index (χ4v) is 2.45. The number of aromatic nitrogens is 1. The Kier molecular flexibility index (Phi) is 4.89. The van der Waals surface area contributed by atoms with Crippen LogP contribution in [0.25, 0.3) is 0 Å². The van der Waals surface area contributed by atoms with Crippen molar-refractivity contribution in [2.24, 2.45) is 4.99 Å². The second-order valence-corrected chi connectivity index (χ2v) is 6.03. The molecular formula is C19H24N2. The molecule has 0 aliphatic heterocycles. The summed E-state index contributed by atoms with van der Waals surface area (Å²) in [6.07, 6.45) is 3.66. The molecule has 2 nitrogen and oxygen atoms in total. The highest BCUT2D eigenvalue weighted by atomic mass is 14.8. The molecule has 0 fully saturated rings. The predicted octanol–water partition coefficient (Wildman–Crippen LogP) is 5.47. The Bertz CT molecular complexity index is 599. The second kappa shape index (κ2) is 6.66. The molecule has 21 heavy (non-hydrogen) atoms. The molecule has 0 aliphatic carbocycles. The Morgan fingerprint density at radius 2 is 1.57 bits per heavy atom. The molecule has 0 N–H and O–H groups in total. The molecule has 1 heterocycles. The van der Waals surface area contributed by atoms with Crippen LogP contribution in [0.5, 0.6) is 0 Å². The first-order valence-corrected chi connectivity index (χ1v) is 7.59. The van der Waals surface area contributed by atoms with Crippen molar-refractivity contribution in [3.63, 3.8) is 0 Å². The number of nitrogens with zero attached hydrogens (tertiary/aromatic N) is 2. The Morgan fingerprint density at radius 1 is 0.952 bits per heavy atom. The molecule has 0 atom stereocenters. The van der Waals surface area contributed by atoms with Crippen LogP contribution >= 0.6 is 0 Å². The molecule has 2 heteroatoms. The average Bonchev–Trinajstić information content (AvgIpc) is 2.47. The van der Waals surface area contributed by atoms with Crippen LogP contribution in [-0.4, -0.2) is 10.7 Å². The van der Waals surface area contributed by atoms with Crippen LogP contribution < -0.4 is 0 Å². The first-order chi connectivity index (χ1) is 10.0. The van der Waals surface area contributed by atoms with Crippen molar-refractivity contribution < 1.29 is 0 Å². The molecule has 0 bridgehead atoms. The van der Waals surface area contributed by atoms with Gasteiger partial charge in [0.15, 0.2) is 0 Å². The summed E-state index contributed by atoms with van der Waals surface area (Å²) in [5.74, 6) is 0.924. The molecule has 0 saturated carbocycles. The summed E-state index contributed by atoms with van der Waals surface area (Å²) < 4.78 is 0. The zero-order chi connectivity index (χ0) is 15.4. The van der Waals surface area contributed by atoms with Gasteiger partial charge in [0.25, 0.3) is 0 Å². The minimum absolute atomic E-state index is 0.462. The molecule has 0 spiro atoms. The minimum Gasteiger partial charge on any atom is -0.264 e. The van der Waals surface area contributed by atoms with E-state index in [0.29, 0.717) is 11.8 Å². The SMILES string of the molecule is CC(=Nc1c(C(C)C)cccc1C(C)C)c1cccnc1. The zero-order valence-electron chi connectivity index (χ0n) is 13.6. The van der Waals surface area contributed by atoms with Gasteiger partial charge in [0.2, 0.25) is 0 Å². The Labute approximate surface area is 128 Å². The van der Waals surface area contributed by atoms with Crippen LogP contribution in [0.1, 0.15) is 63.1 Å². The van der Waals surface area contributed by atoms with Gasteiger partial charge in [-0.1, -0.05) is 52.0 Å². The first kappa shape index (κ1) is 15.4. The molecule has 1 aromatic heterocycles. The highest BCUT2D eigenvalue weighted by Gasteiger charge is 2.13. The van der Waals surface area contributed by atoms with E-state index in [1.165, 1.54) is 11.1 Å². The van der Waals surface area contributed by atoms with E-state index in [9.17, 15) is 0 Å². The molecular weight excluding hydrogens is 256 g/mol. The van der Waals surface area contributed by atoms with Crippen LogP contribution in [-0.2, 0) is 0 Å². The van der Waals surface area contributed by atoms with E-state index in [-0.39, 0.29) is 0 Å². The Hall–Kier alpha value is -1.96. The highest BCUT2D eigenvalue weighted by Crippen LogP contribution is 2.35. The number of hydrogen-bond acceptors (Lipinski definition) is 2. The summed E-state index contributed by atoms with van der Waals surface area (Å²) in [7, 11) is 0. The van der Waals surface area contributed by atoms with Gasteiger partial charge in [0.05, 0.1) is 5.69 Å². The van der Waals surface area contributed by atoms with Gasteiger partial charge < -0.3 is 0 Å². The van der Waals surface area contributed by atoms with E-state index < -0.39 is 0 Å². The largest absolute Gasteiger partial charge is 0.264 e. The lowest BCUT2D eigenvalue weighted by molar-refractivity contribution is 0.834. The van der Waals surface area contributed by atoms with Gasteiger partial charge in [-0.2, -0.15) is 0 Å². The molecule has 0 aliphatic rings. The quantitative estimate of drug-likeness (QED) is 0.682. The zero-order valence-corrected chi connectivity index (χ0v) is 13.6. The smallest absolute Gasteiger partial charge is 0.0702 e. The highest BCUT2D eigenvalue weighted by molar-refractivity contribution is 6.00. The number of hydrogen-bond donors (Lipinski definition) is 0. The average molecular weight is 280 g/mol. The summed E-state index contributed by atoms with van der Waals surface area (Å²) in [6, 6.07) is 10.5. The van der Waals surface area contributed by atoms with Gasteiger partial charge in [-0.05, 0) is 36.0 Å². The second-order valence-electron chi connectivity index (χ2n) is 6.03. The van der Waals surface area contributed by atoms with E-state index >= 15 is 0 Å². The topological polar surface area (TPSA) is 25.2 Å². The van der Waals surface area contributed by atoms with Gasteiger partial charge in [-0.25, -0.2) is 0 Å². The lowest BCUT2D eigenvalue weighted by Crippen LogP contribution is -1.99. The van der Waals surface area contributed by atoms with Crippen LogP contribution in [0.2, 0.25) is 0 Å². The van der Waals surface area contributed by atoms with Crippen molar-refractivity contribution in [3.8, 4) is 0 Å². The van der Waals surface area contributed by atoms with Crippen molar-refractivity contribution >= 4 is 11.4 Å². The summed E-state index contributed by atoms with van der Waals surface area (Å²) >= 11 is 0. The van der Waals surface area contributed by atoms with Crippen molar-refractivity contribution in [2.45, 2.75) is 46.5 Å². The monoisotopic (exact) mass is 280 g/mol. The van der Waals surface area contributed by atoms with Crippen molar-refractivity contribution in [1.82, 2.24) is 4.98 Å². The Balaban J connectivity index is 2.56. The number of para-hydroxylation sites is 1. The first-order valence-electron chi connectivity index (χ1n) is 7.59. The van der Waals surface area contributed by atoms with Crippen molar-refractivity contribution in [1.29, 1.82) is 0 Å². The van der Waals surface area contributed by atoms with Gasteiger partial charge in [0.1, 0.15) is 0 Å². The summed E-state index contributed by atoms with van der Waals surface area (Å²) in [6.45, 7) is 10.9. The molecule has 1 aromatic carbocycles. The van der Waals surface area contributed by atoms with Crippen molar-refractivity contribution in [3.05, 3.63) is 59.4 Å². The van der Waals surface area contributed by atoms with Crippen molar-refractivity contribution in [2.75, 3.05) is 0 Å². The van der Waals surface area contributed by atoms with Gasteiger partial charge in [-0.15, -0.1) is 0 Å². The van der Waals surface area contributed by atoms with E-state index in [1.54, 1.807) is 6.20 Å². The summed E-state index contributed by atoms with van der Waals surface area (Å²) in [4.78, 5) is 9.13. The fourth-order valence-electron chi connectivity index (χ4n) is 2.45. The summed E-state index contributed by atoms with van der Waals surface area (Å²) in [5.41, 5.74) is 5.83. The Morgan fingerprint density at radius 3 is 2.05 bits per heavy atom. The van der Waals surface area contributed by atoms with E-state index in [1.807, 2.05) is 12.3 Å². The van der Waals surface area contributed by atoms with E-state index in [0.717, 1.165) is 17.0 Å². The van der Waals surface area contributed by atoms with Crippen LogP contribution in [0.3, 0.4) is 0 Å². The fraction of sp³-hybridized carbons (Fsp3) is 0.368. The third-order valence-electron chi connectivity index (χ3n) is 3.70. The van der Waals surface area contributed by atoms with Gasteiger partial charge in [-0.3, -0.25) is 9.98 Å². The normalized spacial score (nSPS) is 12.2. The standard InChI is InChI=1S/C19H24N2/c1-13(2)17-9-6-10-18(14(3)4)19(17)21-15(5)16-8-7-11-20-12-16/h6-14H,1-5H3. The van der Waals surface area contributed by atoms with E-state index in [4.69, 9.17) is 4.99 Å². The maximum absolute atomic E-state index is 4.95. The van der Waals surface area contributed by atoms with Crippen LogP contribution in [0, 0.1) is 0 Å². The maximum Gasteiger partial charge on any atom is 0.0702 e. The number of benzene rings is 1. The maximum atomic E-state index is 4.95. The van der Waals surface area contributed by atoms with Gasteiger partial charge >= 0.3 is 0 Å². The number of pyridine rings is 1. The van der Waals surface area contributed by atoms with E-state index in [2.05, 4.69) is 63.9 Å². The molecule has 110 valence electrons. The minimum atomic E-state index is 0.462. The third kappa shape index (κ3) is 3.57.